The van der Waals surface area contributed by atoms with Gasteiger partial charge in [-0.05, 0) is 31.2 Å². The Kier molecular flexibility index (Phi) is 3.03. The molecule has 0 unspecified atom stereocenters. The Bertz CT molecular complexity index is 617. The topological polar surface area (TPSA) is 44.9 Å². The summed E-state index contributed by atoms with van der Waals surface area (Å²) >= 11 is 1.76. The average Bonchev–Trinajstić information content (AvgIpc) is 3.02. The van der Waals surface area contributed by atoms with Crippen molar-refractivity contribution in [1.29, 1.82) is 5.26 Å². The predicted molar refractivity (Wildman–Crippen MR) is 76.2 cm³/mol. The minimum absolute atomic E-state index is 0.559. The molecule has 1 aliphatic carbocycles. The quantitative estimate of drug-likeness (QED) is 0.859. The van der Waals surface area contributed by atoms with Gasteiger partial charge in [0, 0.05) is 18.0 Å². The van der Waals surface area contributed by atoms with E-state index >= 15 is 0 Å². The Labute approximate surface area is 116 Å². The number of aryl methyl sites for hydroxylation is 2. The number of anilines is 1. The van der Waals surface area contributed by atoms with Crippen LogP contribution in [0.1, 0.15) is 29.0 Å². The normalized spacial score (nSPS) is 14.4. The first-order valence-corrected chi connectivity index (χ1v) is 7.31. The smallest absolute Gasteiger partial charge is 0.145 e. The summed E-state index contributed by atoms with van der Waals surface area (Å²) in [7, 11) is 1.92. The van der Waals surface area contributed by atoms with Gasteiger partial charge in [0.15, 0.2) is 0 Å². The van der Waals surface area contributed by atoms with E-state index in [2.05, 4.69) is 33.6 Å². The van der Waals surface area contributed by atoms with Crippen LogP contribution >= 0.6 is 11.3 Å². The molecule has 0 radical (unpaired) electrons. The van der Waals surface area contributed by atoms with Crippen molar-refractivity contribution in [3.8, 4) is 6.07 Å². The Hall–Kier alpha value is -1.80. The van der Waals surface area contributed by atoms with Gasteiger partial charge in [-0.25, -0.2) is 0 Å². The van der Waals surface area contributed by atoms with E-state index in [4.69, 9.17) is 0 Å². The molecule has 1 saturated carbocycles. The van der Waals surface area contributed by atoms with Gasteiger partial charge in [-0.2, -0.15) is 10.4 Å². The molecule has 0 N–H and O–H groups in total. The van der Waals surface area contributed by atoms with Crippen molar-refractivity contribution in [2.45, 2.75) is 32.4 Å². The lowest BCUT2D eigenvalue weighted by Crippen LogP contribution is -2.27. The first-order chi connectivity index (χ1) is 9.20. The lowest BCUT2D eigenvalue weighted by molar-refractivity contribution is 0.694. The average molecular weight is 272 g/mol. The van der Waals surface area contributed by atoms with Crippen LogP contribution in [0.4, 0.5) is 5.82 Å². The number of hydrogen-bond donors (Lipinski definition) is 0. The van der Waals surface area contributed by atoms with Crippen LogP contribution in [0.2, 0.25) is 0 Å². The van der Waals surface area contributed by atoms with Crippen molar-refractivity contribution in [3.63, 3.8) is 0 Å². The minimum Gasteiger partial charge on any atom is -0.348 e. The summed E-state index contributed by atoms with van der Waals surface area (Å²) in [6.07, 6.45) is 2.42. The van der Waals surface area contributed by atoms with Crippen molar-refractivity contribution in [2.24, 2.45) is 7.05 Å². The summed E-state index contributed by atoms with van der Waals surface area (Å²) in [5.74, 6) is 0.968. The lowest BCUT2D eigenvalue weighted by Gasteiger charge is -2.24. The van der Waals surface area contributed by atoms with Gasteiger partial charge >= 0.3 is 0 Å². The van der Waals surface area contributed by atoms with E-state index in [0.29, 0.717) is 11.6 Å². The maximum Gasteiger partial charge on any atom is 0.145 e. The molecule has 0 atom stereocenters. The molecule has 0 saturated heterocycles. The van der Waals surface area contributed by atoms with Gasteiger partial charge in [-0.15, -0.1) is 11.3 Å². The van der Waals surface area contributed by atoms with Gasteiger partial charge in [0.25, 0.3) is 0 Å². The van der Waals surface area contributed by atoms with Crippen molar-refractivity contribution >= 4 is 17.2 Å². The van der Waals surface area contributed by atoms with Crippen LogP contribution in [0, 0.1) is 18.3 Å². The van der Waals surface area contributed by atoms with E-state index < -0.39 is 0 Å². The molecule has 98 valence electrons. The third-order valence-corrected chi connectivity index (χ3v) is 4.33. The highest BCUT2D eigenvalue weighted by Crippen LogP contribution is 2.35. The highest BCUT2D eigenvalue weighted by Gasteiger charge is 2.33. The zero-order valence-electron chi connectivity index (χ0n) is 11.1. The fourth-order valence-electron chi connectivity index (χ4n) is 2.44. The zero-order valence-corrected chi connectivity index (χ0v) is 11.9. The molecule has 5 heteroatoms. The second-order valence-corrected chi connectivity index (χ2v) is 5.99. The van der Waals surface area contributed by atoms with Gasteiger partial charge < -0.3 is 4.90 Å². The molecule has 19 heavy (non-hydrogen) atoms. The van der Waals surface area contributed by atoms with Crippen LogP contribution in [0.3, 0.4) is 0 Å². The largest absolute Gasteiger partial charge is 0.348 e. The molecular weight excluding hydrogens is 256 g/mol. The molecule has 1 fully saturated rings. The minimum atomic E-state index is 0.559. The Morgan fingerprint density at radius 2 is 2.37 bits per heavy atom. The number of nitrogens with zero attached hydrogens (tertiary/aromatic N) is 4. The summed E-state index contributed by atoms with van der Waals surface area (Å²) in [6, 6.07) is 7.09. The zero-order chi connectivity index (χ0) is 13.4. The molecule has 4 nitrogen and oxygen atoms in total. The van der Waals surface area contributed by atoms with Gasteiger partial charge in [0.1, 0.15) is 17.5 Å². The van der Waals surface area contributed by atoms with Gasteiger partial charge in [-0.1, -0.05) is 6.07 Å². The summed E-state index contributed by atoms with van der Waals surface area (Å²) in [5.41, 5.74) is 1.53. The van der Waals surface area contributed by atoms with E-state index in [1.165, 1.54) is 17.7 Å². The monoisotopic (exact) mass is 272 g/mol. The molecule has 0 spiro atoms. The number of rotatable bonds is 4. The van der Waals surface area contributed by atoms with E-state index in [9.17, 15) is 5.26 Å². The Morgan fingerprint density at radius 1 is 1.58 bits per heavy atom. The van der Waals surface area contributed by atoms with E-state index in [0.717, 1.165) is 18.1 Å². The van der Waals surface area contributed by atoms with Gasteiger partial charge in [-0.3, -0.25) is 4.68 Å². The highest BCUT2D eigenvalue weighted by molar-refractivity contribution is 7.09. The maximum atomic E-state index is 9.36. The van der Waals surface area contributed by atoms with Crippen LogP contribution < -0.4 is 4.90 Å². The summed E-state index contributed by atoms with van der Waals surface area (Å²) in [6.45, 7) is 2.77. The van der Waals surface area contributed by atoms with Crippen molar-refractivity contribution in [1.82, 2.24) is 9.78 Å². The molecule has 0 amide bonds. The fraction of sp³-hybridized carbons (Fsp3) is 0.429. The van der Waals surface area contributed by atoms with Crippen LogP contribution in [0.25, 0.3) is 0 Å². The Morgan fingerprint density at radius 3 is 2.95 bits per heavy atom. The summed E-state index contributed by atoms with van der Waals surface area (Å²) < 4.78 is 1.85. The maximum absolute atomic E-state index is 9.36. The molecule has 3 rings (SSSR count). The Balaban J connectivity index is 1.99. The molecule has 0 aliphatic heterocycles. The van der Waals surface area contributed by atoms with Crippen molar-refractivity contribution in [3.05, 3.63) is 33.6 Å². The first-order valence-electron chi connectivity index (χ1n) is 6.43. The van der Waals surface area contributed by atoms with Crippen LogP contribution in [0.15, 0.2) is 17.5 Å². The molecule has 1 aliphatic rings. The molecule has 2 aromatic rings. The van der Waals surface area contributed by atoms with E-state index in [1.807, 2.05) is 18.7 Å². The molecule has 2 aromatic heterocycles. The van der Waals surface area contributed by atoms with Crippen LogP contribution in [-0.2, 0) is 13.6 Å². The third kappa shape index (κ3) is 2.24. The fourth-order valence-corrected chi connectivity index (χ4v) is 3.14. The van der Waals surface area contributed by atoms with Gasteiger partial charge in [0.2, 0.25) is 0 Å². The van der Waals surface area contributed by atoms with Crippen LogP contribution in [-0.4, -0.2) is 15.8 Å². The van der Waals surface area contributed by atoms with Crippen molar-refractivity contribution < 1.29 is 0 Å². The van der Waals surface area contributed by atoms with Crippen LogP contribution in [0.5, 0.6) is 0 Å². The number of hydrogen-bond acceptors (Lipinski definition) is 4. The number of nitriles is 1. The second kappa shape index (κ2) is 4.71. The number of thiophene rings is 1. The first kappa shape index (κ1) is 12.2. The molecular formula is C14H16N4S. The molecule has 2 heterocycles. The highest BCUT2D eigenvalue weighted by atomic mass is 32.1. The summed E-state index contributed by atoms with van der Waals surface area (Å²) in [5, 5.41) is 15.9. The third-order valence-electron chi connectivity index (χ3n) is 3.47. The molecule has 0 aromatic carbocycles. The standard InChI is InChI=1S/C14H16N4S/c1-10-13(8-15)14(17(2)16-10)18(11-5-6-11)9-12-4-3-7-19-12/h3-4,7,11H,5-6,9H2,1-2H3. The molecule has 0 bridgehead atoms. The SMILES string of the molecule is Cc1nn(C)c(N(Cc2cccs2)C2CC2)c1C#N. The second-order valence-electron chi connectivity index (χ2n) is 4.96. The predicted octanol–water partition coefficient (Wildman–Crippen LogP) is 2.83. The van der Waals surface area contributed by atoms with E-state index in [-0.39, 0.29) is 0 Å². The number of aromatic nitrogens is 2. The lowest BCUT2D eigenvalue weighted by atomic mass is 10.2. The van der Waals surface area contributed by atoms with E-state index in [1.54, 1.807) is 11.3 Å². The summed E-state index contributed by atoms with van der Waals surface area (Å²) in [4.78, 5) is 3.67. The van der Waals surface area contributed by atoms with Crippen molar-refractivity contribution in [2.75, 3.05) is 4.90 Å². The van der Waals surface area contributed by atoms with Gasteiger partial charge in [0.05, 0.1) is 12.2 Å².